The molecular weight excluding hydrogens is 721 g/mol. The van der Waals surface area contributed by atoms with Gasteiger partial charge in [-0.25, -0.2) is 0 Å². The van der Waals surface area contributed by atoms with Crippen LogP contribution in [0, 0.1) is 13.3 Å². The van der Waals surface area contributed by atoms with Gasteiger partial charge in [0.05, 0.1) is 25.3 Å². The van der Waals surface area contributed by atoms with Crippen LogP contribution in [-0.4, -0.2) is 71.2 Å². The van der Waals surface area contributed by atoms with Gasteiger partial charge in [-0.15, -0.1) is 0 Å². The van der Waals surface area contributed by atoms with E-state index in [1.165, 1.54) is 0 Å². The summed E-state index contributed by atoms with van der Waals surface area (Å²) < 4.78 is 12.1. The number of ether oxygens (including phenoxy) is 2. The van der Waals surface area contributed by atoms with Gasteiger partial charge in [0.1, 0.15) is 12.2 Å². The van der Waals surface area contributed by atoms with Crippen molar-refractivity contribution in [3.63, 3.8) is 0 Å². The van der Waals surface area contributed by atoms with Gasteiger partial charge in [-0.05, 0) is 38.9 Å². The summed E-state index contributed by atoms with van der Waals surface area (Å²) in [6.07, 6.45) is 8.54. The topological polar surface area (TPSA) is 31.4 Å². The van der Waals surface area contributed by atoms with Crippen molar-refractivity contribution in [2.75, 3.05) is 27.3 Å². The van der Waals surface area contributed by atoms with Crippen molar-refractivity contribution in [1.29, 1.82) is 0 Å². The minimum absolute atomic E-state index is 0.139. The third kappa shape index (κ3) is 4.49. The van der Waals surface area contributed by atoms with Crippen LogP contribution in [0.3, 0.4) is 0 Å². The molecule has 0 spiro atoms. The van der Waals surface area contributed by atoms with E-state index in [0.717, 1.165) is 0 Å². The SMILES string of the molecule is CN1C=CN(C2COC3[C@@H]2OC[C@@H]3N2C=CN(C)[CH-]2)[CH-]1.[Cl][Au].[Cl][Au]. The van der Waals surface area contributed by atoms with Crippen LogP contribution in [0.25, 0.3) is 0 Å². The molecule has 0 aromatic rings. The first-order valence-corrected chi connectivity index (χ1v) is 12.6. The van der Waals surface area contributed by atoms with Crippen LogP contribution in [0.5, 0.6) is 0 Å². The Morgan fingerprint density at radius 1 is 0.792 bits per heavy atom. The Labute approximate surface area is 176 Å². The molecule has 10 heteroatoms. The van der Waals surface area contributed by atoms with E-state index in [2.05, 4.69) is 53.9 Å². The third-order valence-corrected chi connectivity index (χ3v) is 4.35. The van der Waals surface area contributed by atoms with Gasteiger partial charge in [-0.3, -0.25) is 0 Å². The van der Waals surface area contributed by atoms with Gasteiger partial charge in [0.25, 0.3) is 0 Å². The fourth-order valence-electron chi connectivity index (χ4n) is 3.30. The molecule has 4 rings (SSSR count). The molecule has 4 aliphatic rings. The molecule has 0 aromatic carbocycles. The molecule has 4 heterocycles. The van der Waals surface area contributed by atoms with E-state index in [4.69, 9.17) is 9.47 Å². The third-order valence-electron chi connectivity index (χ3n) is 4.35. The molecule has 146 valence electrons. The Morgan fingerprint density at radius 2 is 1.17 bits per heavy atom. The molecule has 0 radical (unpaired) electrons. The van der Waals surface area contributed by atoms with Crippen LogP contribution < -0.4 is 0 Å². The van der Waals surface area contributed by atoms with Crippen LogP contribution in [0.2, 0.25) is 0 Å². The van der Waals surface area contributed by atoms with Crippen LogP contribution in [0.4, 0.5) is 0 Å². The quantitative estimate of drug-likeness (QED) is 0.316. The molecule has 0 amide bonds. The summed E-state index contributed by atoms with van der Waals surface area (Å²) >= 11 is 3.50. The summed E-state index contributed by atoms with van der Waals surface area (Å²) in [6, 6.07) is 0.547. The van der Waals surface area contributed by atoms with Crippen molar-refractivity contribution < 1.29 is 49.4 Å². The van der Waals surface area contributed by atoms with E-state index in [9.17, 15) is 0 Å². The monoisotopic (exact) mass is 740 g/mol. The molecule has 2 unspecified atom stereocenters. The molecule has 0 N–H and O–H groups in total. The van der Waals surface area contributed by atoms with Gasteiger partial charge in [0.15, 0.2) is 0 Å². The van der Waals surface area contributed by atoms with Crippen molar-refractivity contribution in [2.45, 2.75) is 24.3 Å². The second kappa shape index (κ2) is 10.1. The second-order valence-electron chi connectivity index (χ2n) is 5.78. The normalized spacial score (nSPS) is 33.5. The maximum atomic E-state index is 6.04. The molecule has 2 saturated heterocycles. The summed E-state index contributed by atoms with van der Waals surface area (Å²) in [6.45, 7) is 5.60. The number of hydrogen-bond donors (Lipinski definition) is 0. The maximum absolute atomic E-state index is 6.04. The zero-order valence-corrected chi connectivity index (χ0v) is 19.0. The van der Waals surface area contributed by atoms with E-state index < -0.39 is 0 Å². The molecule has 0 bridgehead atoms. The Balaban J connectivity index is 0.000000487. The van der Waals surface area contributed by atoms with Gasteiger partial charge >= 0.3 is 58.4 Å². The van der Waals surface area contributed by atoms with Crippen LogP contribution in [0.1, 0.15) is 0 Å². The van der Waals surface area contributed by atoms with Crippen LogP contribution >= 0.6 is 18.4 Å². The predicted octanol–water partition coefficient (Wildman–Crippen LogP) is 1.57. The minimum atomic E-state index is 0.139. The van der Waals surface area contributed by atoms with Gasteiger partial charge in [-0.1, -0.05) is 0 Å². The van der Waals surface area contributed by atoms with Gasteiger partial charge in [-0.2, -0.15) is 13.3 Å². The Kier molecular flexibility index (Phi) is 8.83. The molecule has 0 aromatic heterocycles. The van der Waals surface area contributed by atoms with Crippen molar-refractivity contribution in [3.05, 3.63) is 38.1 Å². The average molecular weight is 741 g/mol. The molecule has 24 heavy (non-hydrogen) atoms. The van der Waals surface area contributed by atoms with Crippen molar-refractivity contribution >= 4 is 18.4 Å². The summed E-state index contributed by atoms with van der Waals surface area (Å²) in [4.78, 5) is 8.49. The second-order valence-corrected chi connectivity index (χ2v) is 5.78. The fraction of sp³-hybridized carbons (Fsp3) is 0.571. The summed E-state index contributed by atoms with van der Waals surface area (Å²) in [5.74, 6) is 0. The van der Waals surface area contributed by atoms with E-state index in [0.29, 0.717) is 13.2 Å². The van der Waals surface area contributed by atoms with Gasteiger partial charge in [0.2, 0.25) is 0 Å². The molecule has 0 saturated carbocycles. The first kappa shape index (κ1) is 21.0. The molecule has 2 fully saturated rings. The zero-order valence-electron chi connectivity index (χ0n) is 13.2. The van der Waals surface area contributed by atoms with Crippen LogP contribution in [0.15, 0.2) is 24.8 Å². The van der Waals surface area contributed by atoms with Gasteiger partial charge in [0, 0.05) is 0 Å². The fourth-order valence-corrected chi connectivity index (χ4v) is 3.30. The van der Waals surface area contributed by atoms with Crippen LogP contribution in [-0.2, 0) is 49.4 Å². The Hall–Kier alpha value is 0.661. The Bertz CT molecular complexity index is 420. The summed E-state index contributed by atoms with van der Waals surface area (Å²) in [7, 11) is 13.2. The Morgan fingerprint density at radius 3 is 1.46 bits per heavy atom. The zero-order chi connectivity index (χ0) is 17.7. The summed E-state index contributed by atoms with van der Waals surface area (Å²) in [5, 5.41) is 0. The van der Waals surface area contributed by atoms with Crippen molar-refractivity contribution in [3.8, 4) is 0 Å². The standard InChI is InChI=1S/C14H20N4O2.2Au.2ClH/c1-15-3-5-17(9-15)11-7-19-14-12(8-20-13(11)14)18-6-4-16(2)10-18;;;;/h3-6,9-14H,7-8H2,1-2H3;;;2*1H/q-2;2*+1;;/p-2/t11-,12?,13?,14+;;;;/m0..../s1. The van der Waals surface area contributed by atoms with E-state index >= 15 is 0 Å². The number of fused-ring (bicyclic) bond motifs is 1. The molecular formula is C14H20Au2Cl2N4O2-2. The van der Waals surface area contributed by atoms with Gasteiger partial charge < -0.3 is 29.1 Å². The number of halogens is 2. The number of nitrogens with zero attached hydrogens (tertiary/aromatic N) is 4. The van der Waals surface area contributed by atoms with Crippen molar-refractivity contribution in [1.82, 2.24) is 19.6 Å². The predicted molar refractivity (Wildman–Crippen MR) is 84.8 cm³/mol. The van der Waals surface area contributed by atoms with Crippen molar-refractivity contribution in [2.24, 2.45) is 0 Å². The summed E-state index contributed by atoms with van der Waals surface area (Å²) in [5.41, 5.74) is 0. The number of hydrogen-bond acceptors (Lipinski definition) is 6. The molecule has 0 aliphatic carbocycles. The van der Waals surface area contributed by atoms with E-state index in [1.54, 1.807) is 40.0 Å². The molecule has 4 aliphatic heterocycles. The number of rotatable bonds is 2. The van der Waals surface area contributed by atoms with E-state index in [1.807, 2.05) is 36.3 Å². The average Bonchev–Trinajstić information content (AvgIpc) is 3.35. The first-order valence-electron chi connectivity index (χ1n) is 7.24. The van der Waals surface area contributed by atoms with E-state index in [-0.39, 0.29) is 24.3 Å². The molecule has 6 nitrogen and oxygen atoms in total. The first-order chi connectivity index (χ1) is 11.7. The molecule has 4 atom stereocenters.